The average Bonchev–Trinajstić information content (AvgIpc) is 2.17. The second kappa shape index (κ2) is 5.67. The summed E-state index contributed by atoms with van der Waals surface area (Å²) in [6.45, 7) is 8.42. The minimum atomic E-state index is -0.497. The Kier molecular flexibility index (Phi) is 4.79. The Hall–Kier alpha value is -0.560. The Balaban J connectivity index is 2.47. The van der Waals surface area contributed by atoms with Crippen LogP contribution < -0.4 is 0 Å². The van der Waals surface area contributed by atoms with Gasteiger partial charge in [0.2, 0.25) is 0 Å². The lowest BCUT2D eigenvalue weighted by Crippen LogP contribution is -2.35. The summed E-state index contributed by atoms with van der Waals surface area (Å²) in [6.07, 6.45) is 9.74. The molecule has 0 spiro atoms. The van der Waals surface area contributed by atoms with Gasteiger partial charge < -0.3 is 5.11 Å². The van der Waals surface area contributed by atoms with Gasteiger partial charge in [0.15, 0.2) is 0 Å². The van der Waals surface area contributed by atoms with E-state index in [4.69, 9.17) is 0 Å². The Labute approximate surface area is 100 Å². The third-order valence-electron chi connectivity index (χ3n) is 3.72. The molecule has 1 nitrogen and oxygen atoms in total. The summed E-state index contributed by atoms with van der Waals surface area (Å²) < 4.78 is 0. The van der Waals surface area contributed by atoms with Crippen molar-refractivity contribution in [3.63, 3.8) is 0 Å². The van der Waals surface area contributed by atoms with Gasteiger partial charge in [-0.15, -0.1) is 0 Å². The molecule has 1 aliphatic carbocycles. The van der Waals surface area contributed by atoms with E-state index >= 15 is 0 Å². The lowest BCUT2D eigenvalue weighted by Gasteiger charge is -2.34. The second-order valence-corrected chi connectivity index (χ2v) is 5.70. The topological polar surface area (TPSA) is 20.2 Å². The fourth-order valence-corrected chi connectivity index (χ4v) is 2.39. The zero-order valence-corrected chi connectivity index (χ0v) is 11.2. The summed E-state index contributed by atoms with van der Waals surface area (Å²) in [5, 5.41) is 10.5. The van der Waals surface area contributed by atoms with Crippen molar-refractivity contribution in [3.8, 4) is 0 Å². The maximum Gasteiger partial charge on any atom is 0.0653 e. The largest absolute Gasteiger partial charge is 0.390 e. The fourth-order valence-electron chi connectivity index (χ4n) is 2.39. The molecule has 1 rings (SSSR count). The summed E-state index contributed by atoms with van der Waals surface area (Å²) in [5.41, 5.74) is 2.33. The first-order valence-electron chi connectivity index (χ1n) is 6.43. The van der Waals surface area contributed by atoms with Crippen LogP contribution in [0.2, 0.25) is 0 Å². The molecule has 0 aromatic rings. The first-order valence-corrected chi connectivity index (χ1v) is 6.43. The highest BCUT2D eigenvalue weighted by Gasteiger charge is 2.31. The molecule has 2 atom stereocenters. The van der Waals surface area contributed by atoms with Crippen LogP contribution in [0.25, 0.3) is 0 Å². The fraction of sp³-hybridized carbons (Fsp3) is 0.733. The lowest BCUT2D eigenvalue weighted by atomic mass is 9.76. The zero-order chi connectivity index (χ0) is 12.2. The van der Waals surface area contributed by atoms with Gasteiger partial charge in [-0.05, 0) is 65.7 Å². The summed E-state index contributed by atoms with van der Waals surface area (Å²) in [7, 11) is 0. The zero-order valence-electron chi connectivity index (χ0n) is 11.2. The molecule has 1 aliphatic rings. The Morgan fingerprint density at radius 3 is 2.75 bits per heavy atom. The first-order chi connectivity index (χ1) is 7.42. The molecule has 0 fully saturated rings. The third kappa shape index (κ3) is 4.13. The molecule has 0 saturated heterocycles. The quantitative estimate of drug-likeness (QED) is 0.706. The molecular formula is C15H26O. The van der Waals surface area contributed by atoms with Gasteiger partial charge in [0.05, 0.1) is 5.60 Å². The molecule has 0 aromatic heterocycles. The Morgan fingerprint density at radius 1 is 1.56 bits per heavy atom. The standard InChI is InChI=1S/C15H26O/c1-12(2)6-5-11-15(4,16)14-9-7-13(3)8-10-14/h6-7,14,16H,5,8-11H2,1-4H3/t14?,15-/m1/s1. The molecule has 16 heavy (non-hydrogen) atoms. The van der Waals surface area contributed by atoms with E-state index in [2.05, 4.69) is 32.9 Å². The summed E-state index contributed by atoms with van der Waals surface area (Å²) in [6, 6.07) is 0. The van der Waals surface area contributed by atoms with Crippen molar-refractivity contribution in [3.05, 3.63) is 23.3 Å². The molecule has 1 N–H and O–H groups in total. The van der Waals surface area contributed by atoms with E-state index in [0.29, 0.717) is 5.92 Å². The van der Waals surface area contributed by atoms with Gasteiger partial charge >= 0.3 is 0 Å². The third-order valence-corrected chi connectivity index (χ3v) is 3.72. The van der Waals surface area contributed by atoms with Gasteiger partial charge in [0, 0.05) is 0 Å². The molecule has 92 valence electrons. The van der Waals surface area contributed by atoms with Gasteiger partial charge in [0.1, 0.15) is 0 Å². The Morgan fingerprint density at radius 2 is 2.25 bits per heavy atom. The van der Waals surface area contributed by atoms with Crippen LogP contribution in [0.15, 0.2) is 23.3 Å². The molecule has 0 aromatic carbocycles. The van der Waals surface area contributed by atoms with Crippen LogP contribution in [0, 0.1) is 5.92 Å². The van der Waals surface area contributed by atoms with Crippen molar-refractivity contribution >= 4 is 0 Å². The summed E-state index contributed by atoms with van der Waals surface area (Å²) in [5.74, 6) is 0.446. The van der Waals surface area contributed by atoms with Gasteiger partial charge in [-0.1, -0.05) is 23.3 Å². The molecule has 0 amide bonds. The van der Waals surface area contributed by atoms with Crippen molar-refractivity contribution in [2.75, 3.05) is 0 Å². The van der Waals surface area contributed by atoms with Crippen LogP contribution in [0.1, 0.15) is 59.8 Å². The number of hydrogen-bond donors (Lipinski definition) is 1. The van der Waals surface area contributed by atoms with Crippen LogP contribution >= 0.6 is 0 Å². The lowest BCUT2D eigenvalue weighted by molar-refractivity contribution is -0.0122. The number of aliphatic hydroxyl groups is 1. The number of rotatable bonds is 4. The van der Waals surface area contributed by atoms with Gasteiger partial charge in [-0.3, -0.25) is 0 Å². The van der Waals surface area contributed by atoms with Crippen LogP contribution in [0.3, 0.4) is 0 Å². The molecular weight excluding hydrogens is 196 g/mol. The maximum atomic E-state index is 10.5. The highest BCUT2D eigenvalue weighted by Crippen LogP contribution is 2.34. The van der Waals surface area contributed by atoms with E-state index in [9.17, 15) is 5.11 Å². The minimum Gasteiger partial charge on any atom is -0.390 e. The predicted molar refractivity (Wildman–Crippen MR) is 70.4 cm³/mol. The first kappa shape index (κ1) is 13.5. The number of allylic oxidation sites excluding steroid dienone is 4. The molecule has 0 saturated carbocycles. The predicted octanol–water partition coefficient (Wildman–Crippen LogP) is 4.23. The molecule has 0 bridgehead atoms. The van der Waals surface area contributed by atoms with E-state index in [1.807, 2.05) is 6.92 Å². The van der Waals surface area contributed by atoms with E-state index in [0.717, 1.165) is 32.1 Å². The molecule has 0 aliphatic heterocycles. The van der Waals surface area contributed by atoms with Crippen molar-refractivity contribution in [1.82, 2.24) is 0 Å². The van der Waals surface area contributed by atoms with Crippen LogP contribution in [-0.4, -0.2) is 10.7 Å². The van der Waals surface area contributed by atoms with Gasteiger partial charge in [-0.2, -0.15) is 0 Å². The molecule has 0 radical (unpaired) electrons. The molecule has 0 heterocycles. The van der Waals surface area contributed by atoms with E-state index < -0.39 is 5.60 Å². The van der Waals surface area contributed by atoms with Crippen LogP contribution in [0.4, 0.5) is 0 Å². The van der Waals surface area contributed by atoms with E-state index in [-0.39, 0.29) is 0 Å². The SMILES string of the molecule is CC(C)=CCC[C@@](C)(O)C1CC=C(C)CC1. The summed E-state index contributed by atoms with van der Waals surface area (Å²) >= 11 is 0. The van der Waals surface area contributed by atoms with Crippen molar-refractivity contribution < 1.29 is 5.11 Å². The smallest absolute Gasteiger partial charge is 0.0653 e. The van der Waals surface area contributed by atoms with Gasteiger partial charge in [-0.25, -0.2) is 0 Å². The second-order valence-electron chi connectivity index (χ2n) is 5.70. The monoisotopic (exact) mass is 222 g/mol. The summed E-state index contributed by atoms with van der Waals surface area (Å²) in [4.78, 5) is 0. The Bertz CT molecular complexity index is 280. The highest BCUT2D eigenvalue weighted by molar-refractivity contribution is 5.06. The van der Waals surface area contributed by atoms with E-state index in [1.54, 1.807) is 0 Å². The highest BCUT2D eigenvalue weighted by atomic mass is 16.3. The minimum absolute atomic E-state index is 0.446. The van der Waals surface area contributed by atoms with Crippen molar-refractivity contribution in [2.45, 2.75) is 65.4 Å². The number of hydrogen-bond acceptors (Lipinski definition) is 1. The van der Waals surface area contributed by atoms with Crippen LogP contribution in [0.5, 0.6) is 0 Å². The van der Waals surface area contributed by atoms with Crippen LogP contribution in [-0.2, 0) is 0 Å². The molecule has 1 heteroatoms. The van der Waals surface area contributed by atoms with Crippen molar-refractivity contribution in [2.24, 2.45) is 5.92 Å². The van der Waals surface area contributed by atoms with Crippen molar-refractivity contribution in [1.29, 1.82) is 0 Å². The average molecular weight is 222 g/mol. The maximum absolute atomic E-state index is 10.5. The van der Waals surface area contributed by atoms with Gasteiger partial charge in [0.25, 0.3) is 0 Å². The normalized spacial score (nSPS) is 24.6. The molecule has 1 unspecified atom stereocenters. The van der Waals surface area contributed by atoms with E-state index in [1.165, 1.54) is 11.1 Å².